The van der Waals surface area contributed by atoms with Crippen LogP contribution < -0.4 is 0 Å². The molecule has 1 amide bonds. The van der Waals surface area contributed by atoms with Gasteiger partial charge in [0.15, 0.2) is 5.54 Å². The molecule has 6 nitrogen and oxygen atoms in total. The van der Waals surface area contributed by atoms with Gasteiger partial charge >= 0.3 is 11.9 Å². The lowest BCUT2D eigenvalue weighted by Crippen LogP contribution is -2.50. The molecular formula is C22H23NO5. The van der Waals surface area contributed by atoms with Crippen molar-refractivity contribution in [1.29, 1.82) is 0 Å². The van der Waals surface area contributed by atoms with Gasteiger partial charge in [-0.2, -0.15) is 0 Å². The SMILES string of the molecule is CCOC(=O)C1(CCC(=O)OC)c2ccccc2C(=O)N1Cc1ccccc1. The van der Waals surface area contributed by atoms with Crippen molar-refractivity contribution < 1.29 is 23.9 Å². The van der Waals surface area contributed by atoms with Crippen molar-refractivity contribution in [1.82, 2.24) is 4.90 Å². The number of hydrogen-bond donors (Lipinski definition) is 0. The Morgan fingerprint density at radius 2 is 1.71 bits per heavy atom. The molecule has 1 aliphatic heterocycles. The van der Waals surface area contributed by atoms with E-state index in [9.17, 15) is 14.4 Å². The van der Waals surface area contributed by atoms with Gasteiger partial charge in [-0.1, -0.05) is 48.5 Å². The van der Waals surface area contributed by atoms with Gasteiger partial charge in [0.25, 0.3) is 5.91 Å². The number of hydrogen-bond acceptors (Lipinski definition) is 5. The van der Waals surface area contributed by atoms with E-state index in [1.165, 1.54) is 12.0 Å². The molecule has 0 aliphatic carbocycles. The summed E-state index contributed by atoms with van der Waals surface area (Å²) >= 11 is 0. The predicted molar refractivity (Wildman–Crippen MR) is 102 cm³/mol. The zero-order chi connectivity index (χ0) is 20.1. The van der Waals surface area contributed by atoms with Gasteiger partial charge < -0.3 is 14.4 Å². The molecule has 1 aliphatic rings. The highest BCUT2D eigenvalue weighted by molar-refractivity contribution is 6.06. The maximum atomic E-state index is 13.2. The van der Waals surface area contributed by atoms with Crippen LogP contribution in [0.5, 0.6) is 0 Å². The maximum absolute atomic E-state index is 13.2. The maximum Gasteiger partial charge on any atom is 0.336 e. The fraction of sp³-hybridized carbons (Fsp3) is 0.318. The van der Waals surface area contributed by atoms with Crippen molar-refractivity contribution in [3.05, 3.63) is 71.3 Å². The fourth-order valence-corrected chi connectivity index (χ4v) is 3.69. The minimum atomic E-state index is -1.37. The number of fused-ring (bicyclic) bond motifs is 1. The Morgan fingerprint density at radius 3 is 2.39 bits per heavy atom. The van der Waals surface area contributed by atoms with Crippen molar-refractivity contribution in [3.8, 4) is 0 Å². The van der Waals surface area contributed by atoms with Gasteiger partial charge in [-0.05, 0) is 25.0 Å². The van der Waals surface area contributed by atoms with E-state index in [0.29, 0.717) is 11.1 Å². The topological polar surface area (TPSA) is 72.9 Å². The van der Waals surface area contributed by atoms with Crippen LogP contribution in [-0.4, -0.2) is 36.5 Å². The first kappa shape index (κ1) is 19.6. The third-order valence-corrected chi connectivity index (χ3v) is 5.02. The van der Waals surface area contributed by atoms with Gasteiger partial charge in [0.2, 0.25) is 0 Å². The first-order valence-corrected chi connectivity index (χ1v) is 9.24. The summed E-state index contributed by atoms with van der Waals surface area (Å²) in [5, 5.41) is 0. The Hall–Kier alpha value is -3.15. The Kier molecular flexibility index (Phi) is 5.78. The summed E-state index contributed by atoms with van der Waals surface area (Å²) in [4.78, 5) is 39.8. The third-order valence-electron chi connectivity index (χ3n) is 5.02. The minimum Gasteiger partial charge on any atom is -0.469 e. The standard InChI is InChI=1S/C22H23NO5/c1-3-28-21(26)22(14-13-19(24)27-2)18-12-8-7-11-17(18)20(25)23(22)15-16-9-5-4-6-10-16/h4-12H,3,13-15H2,1-2H3. The fourth-order valence-electron chi connectivity index (χ4n) is 3.69. The highest BCUT2D eigenvalue weighted by Gasteiger charge is 2.55. The van der Waals surface area contributed by atoms with Crippen LogP contribution in [0.15, 0.2) is 54.6 Å². The number of benzene rings is 2. The zero-order valence-corrected chi connectivity index (χ0v) is 16.0. The molecule has 146 valence electrons. The van der Waals surface area contributed by atoms with E-state index in [0.717, 1.165) is 5.56 Å². The van der Waals surface area contributed by atoms with Gasteiger partial charge in [0.05, 0.1) is 13.7 Å². The second-order valence-electron chi connectivity index (χ2n) is 6.58. The zero-order valence-electron chi connectivity index (χ0n) is 16.0. The van der Waals surface area contributed by atoms with Gasteiger partial charge in [-0.15, -0.1) is 0 Å². The highest BCUT2D eigenvalue weighted by atomic mass is 16.5. The molecule has 2 aromatic carbocycles. The molecule has 0 saturated carbocycles. The van der Waals surface area contributed by atoms with Crippen LogP contribution in [0.25, 0.3) is 0 Å². The Morgan fingerprint density at radius 1 is 1.04 bits per heavy atom. The first-order valence-electron chi connectivity index (χ1n) is 9.24. The number of rotatable bonds is 7. The first-order chi connectivity index (χ1) is 13.5. The van der Waals surface area contributed by atoms with Crippen LogP contribution in [0.2, 0.25) is 0 Å². The Labute approximate surface area is 164 Å². The van der Waals surface area contributed by atoms with E-state index >= 15 is 0 Å². The Balaban J connectivity index is 2.12. The normalized spacial score (nSPS) is 17.9. The van der Waals surface area contributed by atoms with Crippen molar-refractivity contribution in [2.75, 3.05) is 13.7 Å². The quantitative estimate of drug-likeness (QED) is 0.689. The summed E-state index contributed by atoms with van der Waals surface area (Å²) in [5.74, 6) is -1.23. The van der Waals surface area contributed by atoms with Crippen LogP contribution in [0, 0.1) is 0 Å². The van der Waals surface area contributed by atoms with Crippen LogP contribution in [0.3, 0.4) is 0 Å². The lowest BCUT2D eigenvalue weighted by molar-refractivity contribution is -0.158. The second-order valence-corrected chi connectivity index (χ2v) is 6.58. The van der Waals surface area contributed by atoms with Crippen molar-refractivity contribution in [3.63, 3.8) is 0 Å². The van der Waals surface area contributed by atoms with Crippen molar-refractivity contribution >= 4 is 17.8 Å². The number of methoxy groups -OCH3 is 1. The van der Waals surface area contributed by atoms with Crippen LogP contribution in [0.4, 0.5) is 0 Å². The molecule has 0 bridgehead atoms. The molecule has 3 rings (SSSR count). The van der Waals surface area contributed by atoms with Crippen molar-refractivity contribution in [2.45, 2.75) is 31.8 Å². The minimum absolute atomic E-state index is 0.0117. The second kappa shape index (κ2) is 8.25. The predicted octanol–water partition coefficient (Wildman–Crippen LogP) is 3.05. The molecule has 0 spiro atoms. The number of carbonyl (C=O) groups is 3. The molecule has 1 atom stereocenters. The molecule has 0 N–H and O–H groups in total. The average Bonchev–Trinajstić information content (AvgIpc) is 2.96. The van der Waals surface area contributed by atoms with E-state index < -0.39 is 17.5 Å². The van der Waals surface area contributed by atoms with E-state index in [2.05, 4.69) is 0 Å². The summed E-state index contributed by atoms with van der Waals surface area (Å²) < 4.78 is 10.2. The molecular weight excluding hydrogens is 358 g/mol. The summed E-state index contributed by atoms with van der Waals surface area (Å²) in [5.41, 5.74) is 0.540. The molecule has 1 unspecified atom stereocenters. The number of ether oxygens (including phenoxy) is 2. The third kappa shape index (κ3) is 3.38. The monoisotopic (exact) mass is 381 g/mol. The van der Waals surface area contributed by atoms with Crippen LogP contribution in [0.1, 0.15) is 41.3 Å². The van der Waals surface area contributed by atoms with Crippen molar-refractivity contribution in [2.24, 2.45) is 0 Å². The number of amides is 1. The molecule has 0 fully saturated rings. The smallest absolute Gasteiger partial charge is 0.336 e. The summed E-state index contributed by atoms with van der Waals surface area (Å²) in [6, 6.07) is 16.4. The number of esters is 2. The molecule has 28 heavy (non-hydrogen) atoms. The highest BCUT2D eigenvalue weighted by Crippen LogP contribution is 2.44. The van der Waals surface area contributed by atoms with E-state index in [4.69, 9.17) is 9.47 Å². The number of carbonyl (C=O) groups excluding carboxylic acids is 3. The molecule has 6 heteroatoms. The van der Waals surface area contributed by atoms with Gasteiger partial charge in [-0.25, -0.2) is 4.79 Å². The lowest BCUT2D eigenvalue weighted by Gasteiger charge is -2.37. The molecule has 0 aromatic heterocycles. The number of nitrogens with zero attached hydrogens (tertiary/aromatic N) is 1. The van der Waals surface area contributed by atoms with Gasteiger partial charge in [0.1, 0.15) is 0 Å². The summed E-state index contributed by atoms with van der Waals surface area (Å²) in [7, 11) is 1.30. The van der Waals surface area contributed by atoms with Gasteiger partial charge in [0, 0.05) is 24.1 Å². The largest absolute Gasteiger partial charge is 0.469 e. The molecule has 1 heterocycles. The van der Waals surface area contributed by atoms with E-state index in [1.54, 1.807) is 31.2 Å². The van der Waals surface area contributed by atoms with E-state index in [1.807, 2.05) is 30.3 Å². The molecule has 0 saturated heterocycles. The van der Waals surface area contributed by atoms with Gasteiger partial charge in [-0.3, -0.25) is 9.59 Å². The molecule has 0 radical (unpaired) electrons. The summed E-state index contributed by atoms with van der Waals surface area (Å²) in [6.45, 7) is 2.12. The van der Waals surface area contributed by atoms with Crippen LogP contribution in [-0.2, 0) is 31.1 Å². The lowest BCUT2D eigenvalue weighted by atomic mass is 9.84. The summed E-state index contributed by atoms with van der Waals surface area (Å²) in [6.07, 6.45) is 0.0797. The van der Waals surface area contributed by atoms with Crippen LogP contribution >= 0.6 is 0 Å². The molecule has 2 aromatic rings. The Bertz CT molecular complexity index is 880. The average molecular weight is 381 g/mol. The van der Waals surface area contributed by atoms with E-state index in [-0.39, 0.29) is 31.9 Å².